The maximum Gasteiger partial charge on any atom is 0.335 e. The van der Waals surface area contributed by atoms with Crippen LogP contribution in [0.1, 0.15) is 11.4 Å². The first kappa shape index (κ1) is 43.4. The van der Waals surface area contributed by atoms with Crippen LogP contribution < -0.4 is 0 Å². The Morgan fingerprint density at radius 2 is 0.964 bits per heavy atom. The Hall–Kier alpha value is -4.35. The van der Waals surface area contributed by atoms with E-state index in [2.05, 4.69) is 144 Å². The van der Waals surface area contributed by atoms with E-state index in [9.17, 15) is 0 Å². The van der Waals surface area contributed by atoms with Crippen molar-refractivity contribution in [3.05, 3.63) is 163 Å². The third-order valence-electron chi connectivity index (χ3n) is 7.72. The Morgan fingerprint density at radius 1 is 0.545 bits per heavy atom. The molecule has 0 amide bonds. The molecule has 8 rings (SSSR count). The van der Waals surface area contributed by atoms with Crippen LogP contribution in [0.5, 0.6) is 0 Å². The summed E-state index contributed by atoms with van der Waals surface area (Å²) in [7, 11) is 0. The summed E-state index contributed by atoms with van der Waals surface area (Å²) in [5.74, 6) is 0. The lowest BCUT2D eigenvalue weighted by atomic mass is 10.1. The van der Waals surface area contributed by atoms with Crippen molar-refractivity contribution >= 4 is 114 Å². The van der Waals surface area contributed by atoms with Crippen LogP contribution in [0.15, 0.2) is 128 Å². The standard InChI is InChI=1S/C19H13Cl2N3.C15H12IN.C4H2Cl2N2.2O2S/c1-12-17(18-15(20)11-22-19(21)23-18)14-9-5-6-10-16(14)24(12)13-7-3-2-4-8-13;1-11-15(16)13-9-5-6-10-14(13)17(11)12-7-3-2-4-8-12;5-3-1-7-4(6)8-2-3;2*1-3-2/h2-11H,1H3;2-10H,1H3;1-2H;;. The molecule has 55 heavy (non-hydrogen) atoms. The average molecular weight is 965 g/mol. The Balaban J connectivity index is 0.000000188. The molecular weight excluding hydrogens is 937 g/mol. The number of nitrogens with zero attached hydrogens (tertiary/aromatic N) is 6. The van der Waals surface area contributed by atoms with E-state index in [-0.39, 0.29) is 10.6 Å². The monoisotopic (exact) mass is 962 g/mol. The summed E-state index contributed by atoms with van der Waals surface area (Å²) in [6.45, 7) is 4.24. The van der Waals surface area contributed by atoms with E-state index in [4.69, 9.17) is 63.2 Å². The average Bonchev–Trinajstić information content (AvgIpc) is 3.64. The van der Waals surface area contributed by atoms with Gasteiger partial charge in [0.25, 0.3) is 0 Å². The smallest absolute Gasteiger partial charge is 0.313 e. The zero-order chi connectivity index (χ0) is 39.9. The molecular formula is C38H27Cl4IN6O4S2. The normalized spacial score (nSPS) is 10.0. The lowest BCUT2D eigenvalue weighted by molar-refractivity contribution is 0.628. The molecule has 0 atom stereocenters. The van der Waals surface area contributed by atoms with E-state index in [0.717, 1.165) is 27.8 Å². The first-order valence-electron chi connectivity index (χ1n) is 15.7. The number of benzene rings is 4. The van der Waals surface area contributed by atoms with Crippen molar-refractivity contribution in [2.75, 3.05) is 0 Å². The van der Waals surface area contributed by atoms with Crippen molar-refractivity contribution in [3.63, 3.8) is 0 Å². The SMILES string of the molecule is Cc1c(-c2nc(Cl)ncc2Cl)c2ccccc2n1-c1ccccc1.Cc1c(I)c2ccccc2n1-c1ccccc1.Clc1cnc(Cl)nc1.O=S=O.O=S=O. The van der Waals surface area contributed by atoms with Gasteiger partial charge in [-0.2, -0.15) is 16.8 Å². The second-order valence-corrected chi connectivity index (χ2v) is 13.7. The minimum absolute atomic E-state index is 0.186. The van der Waals surface area contributed by atoms with Crippen molar-refractivity contribution in [1.29, 1.82) is 0 Å². The fourth-order valence-corrected chi connectivity index (χ4v) is 6.84. The van der Waals surface area contributed by atoms with E-state index in [1.54, 1.807) is 6.20 Å². The number of aromatic nitrogens is 6. The molecule has 10 nitrogen and oxygen atoms in total. The molecule has 17 heteroatoms. The van der Waals surface area contributed by atoms with Crippen LogP contribution in [0, 0.1) is 17.4 Å². The second kappa shape index (κ2) is 21.7. The minimum Gasteiger partial charge on any atom is -0.313 e. The van der Waals surface area contributed by atoms with E-state index in [0.29, 0.717) is 15.7 Å². The Kier molecular flexibility index (Phi) is 17.1. The first-order valence-corrected chi connectivity index (χ1v) is 19.6. The molecule has 0 unspecified atom stereocenters. The molecule has 4 aromatic carbocycles. The van der Waals surface area contributed by atoms with Crippen LogP contribution in [-0.4, -0.2) is 45.9 Å². The number of fused-ring (bicyclic) bond motifs is 2. The fourth-order valence-electron chi connectivity index (χ4n) is 5.63. The summed E-state index contributed by atoms with van der Waals surface area (Å²) in [4.78, 5) is 15.5. The second-order valence-electron chi connectivity index (χ2n) is 10.9. The van der Waals surface area contributed by atoms with E-state index >= 15 is 0 Å². The van der Waals surface area contributed by atoms with Crippen molar-refractivity contribution < 1.29 is 16.8 Å². The topological polar surface area (TPSA) is 130 Å². The first-order chi connectivity index (χ1) is 26.6. The molecule has 0 aliphatic rings. The summed E-state index contributed by atoms with van der Waals surface area (Å²) < 4.78 is 39.0. The zero-order valence-corrected chi connectivity index (χ0v) is 35.5. The highest BCUT2D eigenvalue weighted by Gasteiger charge is 2.20. The van der Waals surface area contributed by atoms with Crippen molar-refractivity contribution in [2.24, 2.45) is 0 Å². The molecule has 0 N–H and O–H groups in total. The van der Waals surface area contributed by atoms with Gasteiger partial charge in [-0.3, -0.25) is 0 Å². The van der Waals surface area contributed by atoms with Gasteiger partial charge in [-0.25, -0.2) is 19.9 Å². The van der Waals surface area contributed by atoms with E-state index in [1.165, 1.54) is 38.2 Å². The van der Waals surface area contributed by atoms with Gasteiger partial charge in [0.2, 0.25) is 10.6 Å². The maximum absolute atomic E-state index is 8.29. The van der Waals surface area contributed by atoms with Crippen LogP contribution in [0.25, 0.3) is 44.4 Å². The summed E-state index contributed by atoms with van der Waals surface area (Å²) in [5, 5.41) is 3.79. The van der Waals surface area contributed by atoms with Gasteiger partial charge in [0.15, 0.2) is 0 Å². The number of para-hydroxylation sites is 4. The summed E-state index contributed by atoms with van der Waals surface area (Å²) in [5.41, 5.74) is 8.68. The van der Waals surface area contributed by atoms with Gasteiger partial charge in [0.05, 0.1) is 45.4 Å². The fraction of sp³-hybridized carbons (Fsp3) is 0.0526. The molecule has 4 aromatic heterocycles. The molecule has 0 bridgehead atoms. The predicted molar refractivity (Wildman–Crippen MR) is 230 cm³/mol. The molecule has 0 fully saturated rings. The molecule has 0 spiro atoms. The lowest BCUT2D eigenvalue weighted by Gasteiger charge is -2.09. The third kappa shape index (κ3) is 11.1. The Labute approximate surface area is 356 Å². The minimum atomic E-state index is -0.750. The van der Waals surface area contributed by atoms with Crippen molar-refractivity contribution in [2.45, 2.75) is 13.8 Å². The molecule has 0 radical (unpaired) electrons. The van der Waals surface area contributed by atoms with Crippen LogP contribution in [0.4, 0.5) is 0 Å². The molecule has 280 valence electrons. The number of hydrogen-bond acceptors (Lipinski definition) is 8. The van der Waals surface area contributed by atoms with Gasteiger partial charge in [0.1, 0.15) is 0 Å². The molecule has 8 aromatic rings. The molecule has 0 aliphatic carbocycles. The van der Waals surface area contributed by atoms with Crippen molar-refractivity contribution in [1.82, 2.24) is 29.1 Å². The highest BCUT2D eigenvalue weighted by atomic mass is 127. The Morgan fingerprint density at radius 3 is 1.47 bits per heavy atom. The summed E-state index contributed by atoms with van der Waals surface area (Å²) in [6.07, 6.45) is 4.42. The van der Waals surface area contributed by atoms with Gasteiger partial charge in [0, 0.05) is 42.7 Å². The van der Waals surface area contributed by atoms with Gasteiger partial charge in [-0.05, 0) is 96.0 Å². The van der Waals surface area contributed by atoms with E-state index < -0.39 is 23.1 Å². The Bertz CT molecular complexity index is 2550. The van der Waals surface area contributed by atoms with Crippen LogP contribution in [-0.2, 0) is 23.1 Å². The van der Waals surface area contributed by atoms with Gasteiger partial charge >= 0.3 is 23.1 Å². The van der Waals surface area contributed by atoms with Crippen LogP contribution in [0.3, 0.4) is 0 Å². The molecule has 0 saturated heterocycles. The zero-order valence-electron chi connectivity index (χ0n) is 28.6. The van der Waals surface area contributed by atoms with Gasteiger partial charge in [-0.1, -0.05) is 96.0 Å². The quantitative estimate of drug-likeness (QED) is 0.126. The predicted octanol–water partition coefficient (Wildman–Crippen LogP) is 10.7. The highest BCUT2D eigenvalue weighted by molar-refractivity contribution is 14.1. The largest absolute Gasteiger partial charge is 0.335 e. The van der Waals surface area contributed by atoms with Crippen molar-refractivity contribution in [3.8, 4) is 22.6 Å². The lowest BCUT2D eigenvalue weighted by Crippen LogP contribution is -1.97. The number of halogens is 5. The van der Waals surface area contributed by atoms with E-state index in [1.807, 2.05) is 30.3 Å². The van der Waals surface area contributed by atoms with Gasteiger partial charge in [-0.15, -0.1) is 0 Å². The van der Waals surface area contributed by atoms with Crippen LogP contribution in [0.2, 0.25) is 20.6 Å². The highest BCUT2D eigenvalue weighted by Crippen LogP contribution is 2.38. The molecule has 4 heterocycles. The maximum atomic E-state index is 8.29. The third-order valence-corrected chi connectivity index (χ3v) is 9.93. The van der Waals surface area contributed by atoms with Gasteiger partial charge < -0.3 is 9.13 Å². The number of hydrogen-bond donors (Lipinski definition) is 0. The van der Waals surface area contributed by atoms with Crippen LogP contribution >= 0.6 is 69.0 Å². The summed E-state index contributed by atoms with van der Waals surface area (Å²) >= 11 is 24.1. The molecule has 0 aliphatic heterocycles. The molecule has 0 saturated carbocycles. The summed E-state index contributed by atoms with van der Waals surface area (Å²) in [6, 6.07) is 37.5. The number of rotatable bonds is 3.